The normalized spacial score (nSPS) is 28.3. The number of hydrogen-bond acceptors (Lipinski definition) is 2. The Labute approximate surface area is 111 Å². The zero-order valence-corrected chi connectivity index (χ0v) is 11.6. The van der Waals surface area contributed by atoms with E-state index in [-0.39, 0.29) is 5.60 Å². The molecule has 0 spiro atoms. The predicted molar refractivity (Wildman–Crippen MR) is 75.4 cm³/mol. The fourth-order valence-corrected chi connectivity index (χ4v) is 2.70. The maximum absolute atomic E-state index is 6.21. The van der Waals surface area contributed by atoms with E-state index in [1.807, 2.05) is 0 Å². The lowest BCUT2D eigenvalue weighted by atomic mass is 9.79. The highest BCUT2D eigenvalue weighted by atomic mass is 16.5. The van der Waals surface area contributed by atoms with Crippen LogP contribution in [0.2, 0.25) is 0 Å². The summed E-state index contributed by atoms with van der Waals surface area (Å²) in [6, 6.07) is 8.42. The lowest BCUT2D eigenvalue weighted by molar-refractivity contribution is -0.0800. The van der Waals surface area contributed by atoms with Crippen molar-refractivity contribution in [1.29, 1.82) is 0 Å². The SMILES string of the molecule is Cc1ccccc1COC1(CN)CCC(C)CC1. The van der Waals surface area contributed by atoms with Crippen molar-refractivity contribution in [2.45, 2.75) is 51.7 Å². The van der Waals surface area contributed by atoms with Gasteiger partial charge in [0.25, 0.3) is 0 Å². The van der Waals surface area contributed by atoms with Gasteiger partial charge >= 0.3 is 0 Å². The molecular formula is C16H25NO. The van der Waals surface area contributed by atoms with Crippen LogP contribution in [0.5, 0.6) is 0 Å². The number of hydrogen-bond donors (Lipinski definition) is 1. The summed E-state index contributed by atoms with van der Waals surface area (Å²) in [6.45, 7) is 5.79. The fraction of sp³-hybridized carbons (Fsp3) is 0.625. The average Bonchev–Trinajstić information content (AvgIpc) is 2.40. The third kappa shape index (κ3) is 3.12. The molecule has 1 aromatic carbocycles. The molecule has 1 saturated carbocycles. The van der Waals surface area contributed by atoms with Gasteiger partial charge < -0.3 is 10.5 Å². The van der Waals surface area contributed by atoms with Crippen LogP contribution in [-0.4, -0.2) is 12.1 Å². The summed E-state index contributed by atoms with van der Waals surface area (Å²) in [5.41, 5.74) is 8.47. The molecule has 2 nitrogen and oxygen atoms in total. The zero-order chi connectivity index (χ0) is 13.0. The molecule has 2 rings (SSSR count). The highest BCUT2D eigenvalue weighted by molar-refractivity contribution is 5.24. The minimum Gasteiger partial charge on any atom is -0.369 e. The predicted octanol–water partition coefficient (Wildman–Crippen LogP) is 3.42. The molecule has 0 unspecified atom stereocenters. The Bertz CT molecular complexity index is 380. The second-order valence-electron chi connectivity index (χ2n) is 5.78. The van der Waals surface area contributed by atoms with E-state index in [1.54, 1.807) is 0 Å². The van der Waals surface area contributed by atoms with Crippen LogP contribution in [0.25, 0.3) is 0 Å². The number of ether oxygens (including phenoxy) is 1. The topological polar surface area (TPSA) is 35.2 Å². The highest BCUT2D eigenvalue weighted by Gasteiger charge is 2.33. The molecule has 1 aliphatic rings. The van der Waals surface area contributed by atoms with Crippen LogP contribution in [0.3, 0.4) is 0 Å². The molecule has 0 amide bonds. The second kappa shape index (κ2) is 5.85. The molecule has 2 N–H and O–H groups in total. The largest absolute Gasteiger partial charge is 0.369 e. The van der Waals surface area contributed by atoms with Crippen molar-refractivity contribution in [2.75, 3.05) is 6.54 Å². The summed E-state index contributed by atoms with van der Waals surface area (Å²) < 4.78 is 6.21. The average molecular weight is 247 g/mol. The van der Waals surface area contributed by atoms with Crippen molar-refractivity contribution in [1.82, 2.24) is 0 Å². The van der Waals surface area contributed by atoms with Gasteiger partial charge in [-0.15, -0.1) is 0 Å². The van der Waals surface area contributed by atoms with E-state index in [0.29, 0.717) is 13.2 Å². The quantitative estimate of drug-likeness (QED) is 0.885. The molecule has 0 atom stereocenters. The van der Waals surface area contributed by atoms with E-state index in [1.165, 1.54) is 24.0 Å². The maximum atomic E-state index is 6.21. The Kier molecular flexibility index (Phi) is 4.41. The van der Waals surface area contributed by atoms with Gasteiger partial charge in [-0.05, 0) is 49.7 Å². The number of rotatable bonds is 4. The van der Waals surface area contributed by atoms with Crippen LogP contribution in [0.15, 0.2) is 24.3 Å². The first-order valence-corrected chi connectivity index (χ1v) is 7.04. The van der Waals surface area contributed by atoms with Crippen molar-refractivity contribution in [3.63, 3.8) is 0 Å². The summed E-state index contributed by atoms with van der Waals surface area (Å²) in [6.07, 6.45) is 4.70. The summed E-state index contributed by atoms with van der Waals surface area (Å²) >= 11 is 0. The number of nitrogens with two attached hydrogens (primary N) is 1. The Balaban J connectivity index is 1.97. The van der Waals surface area contributed by atoms with Gasteiger partial charge in [0, 0.05) is 6.54 Å². The van der Waals surface area contributed by atoms with Gasteiger partial charge in [0.2, 0.25) is 0 Å². The third-order valence-electron chi connectivity index (χ3n) is 4.35. The van der Waals surface area contributed by atoms with Crippen LogP contribution >= 0.6 is 0 Å². The standard InChI is InChI=1S/C16H25NO/c1-13-7-9-16(12-17,10-8-13)18-11-15-6-4-3-5-14(15)2/h3-6,13H,7-12,17H2,1-2H3. The van der Waals surface area contributed by atoms with E-state index in [9.17, 15) is 0 Å². The number of aryl methyl sites for hydroxylation is 1. The van der Waals surface area contributed by atoms with Crippen molar-refractivity contribution in [3.8, 4) is 0 Å². The van der Waals surface area contributed by atoms with Gasteiger partial charge in [0.15, 0.2) is 0 Å². The second-order valence-corrected chi connectivity index (χ2v) is 5.78. The highest BCUT2D eigenvalue weighted by Crippen LogP contribution is 2.34. The van der Waals surface area contributed by atoms with Crippen molar-refractivity contribution < 1.29 is 4.74 Å². The Morgan fingerprint density at radius 2 is 1.94 bits per heavy atom. The van der Waals surface area contributed by atoms with Gasteiger partial charge in [0.05, 0.1) is 12.2 Å². The first-order valence-electron chi connectivity index (χ1n) is 7.04. The molecule has 0 radical (unpaired) electrons. The monoisotopic (exact) mass is 247 g/mol. The lowest BCUT2D eigenvalue weighted by Gasteiger charge is -2.38. The molecule has 0 aliphatic heterocycles. The third-order valence-corrected chi connectivity index (χ3v) is 4.35. The summed E-state index contributed by atoms with van der Waals surface area (Å²) in [5.74, 6) is 0.826. The molecule has 100 valence electrons. The van der Waals surface area contributed by atoms with Crippen molar-refractivity contribution in [3.05, 3.63) is 35.4 Å². The summed E-state index contributed by atoms with van der Waals surface area (Å²) in [4.78, 5) is 0. The van der Waals surface area contributed by atoms with Crippen LogP contribution in [-0.2, 0) is 11.3 Å². The lowest BCUT2D eigenvalue weighted by Crippen LogP contribution is -2.43. The molecule has 0 aromatic heterocycles. The minimum absolute atomic E-state index is 0.0746. The van der Waals surface area contributed by atoms with Crippen LogP contribution < -0.4 is 5.73 Å². The van der Waals surface area contributed by atoms with Gasteiger partial charge in [-0.2, -0.15) is 0 Å². The van der Waals surface area contributed by atoms with E-state index in [2.05, 4.69) is 38.1 Å². The first kappa shape index (κ1) is 13.6. The van der Waals surface area contributed by atoms with Gasteiger partial charge in [0.1, 0.15) is 0 Å². The molecular weight excluding hydrogens is 222 g/mol. The zero-order valence-electron chi connectivity index (χ0n) is 11.6. The van der Waals surface area contributed by atoms with Crippen molar-refractivity contribution in [2.24, 2.45) is 11.7 Å². The Hall–Kier alpha value is -0.860. The van der Waals surface area contributed by atoms with E-state index in [0.717, 1.165) is 18.8 Å². The van der Waals surface area contributed by atoms with E-state index in [4.69, 9.17) is 10.5 Å². The molecule has 1 aromatic rings. The van der Waals surface area contributed by atoms with Gasteiger partial charge in [-0.25, -0.2) is 0 Å². The Morgan fingerprint density at radius 3 is 2.56 bits per heavy atom. The van der Waals surface area contributed by atoms with Crippen molar-refractivity contribution >= 4 is 0 Å². The van der Waals surface area contributed by atoms with Gasteiger partial charge in [-0.1, -0.05) is 31.2 Å². The smallest absolute Gasteiger partial charge is 0.0808 e. The molecule has 1 aliphatic carbocycles. The van der Waals surface area contributed by atoms with Gasteiger partial charge in [-0.3, -0.25) is 0 Å². The van der Waals surface area contributed by atoms with E-state index >= 15 is 0 Å². The van der Waals surface area contributed by atoms with Crippen LogP contribution in [0.1, 0.15) is 43.7 Å². The summed E-state index contributed by atoms with van der Waals surface area (Å²) in [7, 11) is 0. The molecule has 2 heteroatoms. The fourth-order valence-electron chi connectivity index (χ4n) is 2.70. The summed E-state index contributed by atoms with van der Waals surface area (Å²) in [5, 5.41) is 0. The molecule has 0 heterocycles. The Morgan fingerprint density at radius 1 is 1.28 bits per heavy atom. The maximum Gasteiger partial charge on any atom is 0.0808 e. The van der Waals surface area contributed by atoms with Crippen LogP contribution in [0.4, 0.5) is 0 Å². The van der Waals surface area contributed by atoms with E-state index < -0.39 is 0 Å². The minimum atomic E-state index is -0.0746. The number of benzene rings is 1. The molecule has 0 bridgehead atoms. The van der Waals surface area contributed by atoms with Crippen LogP contribution in [0, 0.1) is 12.8 Å². The molecule has 0 saturated heterocycles. The molecule has 1 fully saturated rings. The molecule has 18 heavy (non-hydrogen) atoms. The first-order chi connectivity index (χ1) is 8.65.